The summed E-state index contributed by atoms with van der Waals surface area (Å²) in [6.07, 6.45) is 4.75. The van der Waals surface area contributed by atoms with E-state index in [4.69, 9.17) is 12.2 Å². The van der Waals surface area contributed by atoms with E-state index in [0.717, 1.165) is 17.7 Å². The molecule has 0 fully saturated rings. The van der Waals surface area contributed by atoms with Gasteiger partial charge in [-0.25, -0.2) is 0 Å². The lowest BCUT2D eigenvalue weighted by molar-refractivity contribution is -0.578. The summed E-state index contributed by atoms with van der Waals surface area (Å²) in [6.45, 7) is 4.11. The molecule has 26 heavy (non-hydrogen) atoms. The highest BCUT2D eigenvalue weighted by Gasteiger charge is 2.19. The van der Waals surface area contributed by atoms with E-state index >= 15 is 0 Å². The summed E-state index contributed by atoms with van der Waals surface area (Å²) >= 11 is 7.02. The van der Waals surface area contributed by atoms with Crippen LogP contribution in [-0.2, 0) is 6.42 Å². The van der Waals surface area contributed by atoms with E-state index in [1.807, 2.05) is 61.1 Å². The molecule has 0 unspecified atom stereocenters. The van der Waals surface area contributed by atoms with Crippen molar-refractivity contribution in [3.8, 4) is 0 Å². The highest BCUT2D eigenvalue weighted by atomic mass is 32.1. The lowest BCUT2D eigenvalue weighted by Gasteiger charge is -2.15. The Kier molecular flexibility index (Phi) is 5.81. The third kappa shape index (κ3) is 4.18. The second-order valence-corrected chi connectivity index (χ2v) is 7.30. The quantitative estimate of drug-likeness (QED) is 0.314. The Morgan fingerprint density at radius 2 is 1.92 bits per heavy atom. The normalized spacial score (nSPS) is 11.8. The maximum Gasteiger partial charge on any atom is 0.239 e. The summed E-state index contributed by atoms with van der Waals surface area (Å²) in [6, 6.07) is 15.7. The van der Waals surface area contributed by atoms with Crippen molar-refractivity contribution in [2.75, 3.05) is 5.32 Å². The number of hydrogen-bond acceptors (Lipinski definition) is 3. The standard InChI is InChI=1S/C21H20N2OS2/c1-3-16-8-10-17(11-9-16)22-21(25)19(20(24)18-7-5-13-26-18)23-12-4-6-15(2)14-23/h4-14H,3H2,1-2H3,(H-,22,24,25). The molecule has 0 bridgehead atoms. The molecule has 132 valence electrons. The Balaban J connectivity index is 2.00. The molecule has 1 aromatic carbocycles. The fraction of sp³-hybridized carbons (Fsp3) is 0.143. The van der Waals surface area contributed by atoms with Crippen LogP contribution < -0.4 is 15.0 Å². The number of rotatable bonds is 5. The molecule has 0 aliphatic heterocycles. The van der Waals surface area contributed by atoms with Crippen LogP contribution in [0.4, 0.5) is 5.69 Å². The third-order valence-electron chi connectivity index (χ3n) is 4.00. The van der Waals surface area contributed by atoms with E-state index in [0.29, 0.717) is 15.6 Å². The van der Waals surface area contributed by atoms with Crippen LogP contribution in [0.1, 0.15) is 22.9 Å². The molecule has 3 rings (SSSR count). The van der Waals surface area contributed by atoms with Gasteiger partial charge in [0.1, 0.15) is 0 Å². The smallest absolute Gasteiger partial charge is 0.239 e. The zero-order chi connectivity index (χ0) is 18.5. The fourth-order valence-electron chi connectivity index (χ4n) is 2.61. The van der Waals surface area contributed by atoms with E-state index in [1.165, 1.54) is 16.9 Å². The van der Waals surface area contributed by atoms with Crippen LogP contribution in [-0.4, -0.2) is 4.99 Å². The van der Waals surface area contributed by atoms with Gasteiger partial charge in [-0.2, -0.15) is 4.57 Å². The molecule has 0 aliphatic rings. The third-order valence-corrected chi connectivity index (χ3v) is 5.17. The van der Waals surface area contributed by atoms with E-state index in [1.54, 1.807) is 4.57 Å². The molecule has 0 aliphatic carbocycles. The number of nitrogens with one attached hydrogen (secondary N) is 1. The molecule has 3 nitrogen and oxygen atoms in total. The van der Waals surface area contributed by atoms with Crippen molar-refractivity contribution < 1.29 is 9.67 Å². The van der Waals surface area contributed by atoms with Gasteiger partial charge in [0.05, 0.1) is 0 Å². The molecule has 0 radical (unpaired) electrons. The van der Waals surface area contributed by atoms with E-state index < -0.39 is 0 Å². The fourth-order valence-corrected chi connectivity index (χ4v) is 3.59. The van der Waals surface area contributed by atoms with Gasteiger partial charge >= 0.3 is 0 Å². The van der Waals surface area contributed by atoms with Crippen molar-refractivity contribution >= 4 is 45.7 Å². The molecule has 0 amide bonds. The van der Waals surface area contributed by atoms with Crippen molar-refractivity contribution in [2.45, 2.75) is 20.3 Å². The molecule has 3 aromatic rings. The predicted molar refractivity (Wildman–Crippen MR) is 111 cm³/mol. The number of thiocarbonyl (C=S) groups is 1. The lowest BCUT2D eigenvalue weighted by atomic mass is 10.1. The second-order valence-electron chi connectivity index (χ2n) is 5.95. The Morgan fingerprint density at radius 3 is 2.54 bits per heavy atom. The number of benzene rings is 1. The SMILES string of the molecule is CCc1ccc(NC(=S)C(=C([O-])c2cccs2)[n+]2cccc(C)c2)cc1. The summed E-state index contributed by atoms with van der Waals surface area (Å²) in [5, 5.41) is 18.2. The van der Waals surface area contributed by atoms with Gasteiger partial charge in [0.2, 0.25) is 5.70 Å². The molecule has 0 atom stereocenters. The van der Waals surface area contributed by atoms with Crippen molar-refractivity contribution in [3.05, 3.63) is 82.3 Å². The van der Waals surface area contributed by atoms with Crippen molar-refractivity contribution in [3.63, 3.8) is 0 Å². The number of pyridine rings is 1. The van der Waals surface area contributed by atoms with Gasteiger partial charge in [-0.15, -0.1) is 11.3 Å². The number of aromatic nitrogens is 1. The first-order valence-corrected chi connectivity index (χ1v) is 9.71. The minimum absolute atomic E-state index is 0.0849. The van der Waals surface area contributed by atoms with Gasteiger partial charge in [0, 0.05) is 22.2 Å². The Bertz CT molecular complexity index is 929. The van der Waals surface area contributed by atoms with Crippen LogP contribution in [0.25, 0.3) is 11.5 Å². The average Bonchev–Trinajstić information content (AvgIpc) is 3.17. The molecule has 0 saturated heterocycles. The molecule has 1 N–H and O–H groups in total. The van der Waals surface area contributed by atoms with Crippen LogP contribution in [0.3, 0.4) is 0 Å². The van der Waals surface area contributed by atoms with Gasteiger partial charge < -0.3 is 10.4 Å². The predicted octanol–water partition coefficient (Wildman–Crippen LogP) is 4.03. The van der Waals surface area contributed by atoms with Crippen LogP contribution in [0.15, 0.2) is 66.3 Å². The highest BCUT2D eigenvalue weighted by molar-refractivity contribution is 7.81. The molecule has 5 heteroatoms. The van der Waals surface area contributed by atoms with Crippen LogP contribution in [0.5, 0.6) is 0 Å². The highest BCUT2D eigenvalue weighted by Crippen LogP contribution is 2.21. The largest absolute Gasteiger partial charge is 0.867 e. The molecule has 0 spiro atoms. The van der Waals surface area contributed by atoms with Crippen molar-refractivity contribution in [1.82, 2.24) is 0 Å². The molecular formula is C21H20N2OS2. The van der Waals surface area contributed by atoms with Gasteiger partial charge in [0.15, 0.2) is 17.4 Å². The number of aryl methyl sites for hydroxylation is 2. The van der Waals surface area contributed by atoms with Gasteiger partial charge in [-0.3, -0.25) is 0 Å². The number of nitrogens with zero attached hydrogens (tertiary/aromatic N) is 1. The number of thiophene rings is 1. The Labute approximate surface area is 163 Å². The number of anilines is 1. The van der Waals surface area contributed by atoms with Gasteiger partial charge in [-0.1, -0.05) is 37.3 Å². The molecular weight excluding hydrogens is 360 g/mol. The van der Waals surface area contributed by atoms with Crippen molar-refractivity contribution in [1.29, 1.82) is 0 Å². The van der Waals surface area contributed by atoms with Crippen LogP contribution in [0.2, 0.25) is 0 Å². The second kappa shape index (κ2) is 8.25. The Morgan fingerprint density at radius 1 is 1.15 bits per heavy atom. The monoisotopic (exact) mass is 380 g/mol. The maximum atomic E-state index is 13.1. The topological polar surface area (TPSA) is 39.0 Å². The lowest BCUT2D eigenvalue weighted by Crippen LogP contribution is -2.40. The summed E-state index contributed by atoms with van der Waals surface area (Å²) in [5.74, 6) is -0.0849. The van der Waals surface area contributed by atoms with Crippen LogP contribution in [0, 0.1) is 6.92 Å². The van der Waals surface area contributed by atoms with E-state index in [9.17, 15) is 5.11 Å². The van der Waals surface area contributed by atoms with Gasteiger partial charge in [0.25, 0.3) is 0 Å². The Hall–Kier alpha value is -2.50. The first-order chi connectivity index (χ1) is 12.6. The minimum Gasteiger partial charge on any atom is -0.867 e. The summed E-state index contributed by atoms with van der Waals surface area (Å²) in [4.78, 5) is 1.07. The molecule has 2 heterocycles. The van der Waals surface area contributed by atoms with Crippen LogP contribution >= 0.6 is 23.6 Å². The van der Waals surface area contributed by atoms with E-state index in [-0.39, 0.29) is 5.76 Å². The minimum atomic E-state index is -0.0849. The zero-order valence-electron chi connectivity index (χ0n) is 14.7. The average molecular weight is 381 g/mol. The number of hydrogen-bond donors (Lipinski definition) is 1. The summed E-state index contributed by atoms with van der Waals surface area (Å²) in [7, 11) is 0. The summed E-state index contributed by atoms with van der Waals surface area (Å²) < 4.78 is 1.80. The zero-order valence-corrected chi connectivity index (χ0v) is 16.4. The summed E-state index contributed by atoms with van der Waals surface area (Å²) in [5.41, 5.74) is 3.63. The first kappa shape index (κ1) is 18.3. The maximum absolute atomic E-state index is 13.1. The van der Waals surface area contributed by atoms with E-state index in [2.05, 4.69) is 24.4 Å². The van der Waals surface area contributed by atoms with Gasteiger partial charge in [-0.05, 0) is 54.3 Å². The molecule has 0 saturated carbocycles. The molecule has 2 aromatic heterocycles. The van der Waals surface area contributed by atoms with Crippen molar-refractivity contribution in [2.24, 2.45) is 0 Å². The first-order valence-electron chi connectivity index (χ1n) is 8.42.